The SMILES string of the molecule is CCOc1ccc(NC(=O)COC(=O)C(Cc2ccccc2)N2C(=O)c3ccccc3C2=O)cc1. The van der Waals surface area contributed by atoms with Crippen molar-refractivity contribution in [2.75, 3.05) is 18.5 Å². The van der Waals surface area contributed by atoms with Crippen LogP contribution < -0.4 is 10.1 Å². The first-order chi connectivity index (χ1) is 17.0. The van der Waals surface area contributed by atoms with Gasteiger partial charge >= 0.3 is 5.97 Å². The number of hydrogen-bond donors (Lipinski definition) is 1. The van der Waals surface area contributed by atoms with E-state index in [9.17, 15) is 19.2 Å². The lowest BCUT2D eigenvalue weighted by Crippen LogP contribution is -2.47. The van der Waals surface area contributed by atoms with Gasteiger partial charge < -0.3 is 14.8 Å². The summed E-state index contributed by atoms with van der Waals surface area (Å²) in [5.74, 6) is -1.86. The molecule has 4 rings (SSSR count). The third-order valence-corrected chi connectivity index (χ3v) is 5.48. The average Bonchev–Trinajstić information content (AvgIpc) is 3.13. The summed E-state index contributed by atoms with van der Waals surface area (Å²) in [6.45, 7) is 1.83. The second-order valence-corrected chi connectivity index (χ2v) is 7.84. The third-order valence-electron chi connectivity index (χ3n) is 5.48. The second kappa shape index (κ2) is 10.6. The van der Waals surface area contributed by atoms with Gasteiger partial charge in [0.2, 0.25) is 0 Å². The molecule has 1 unspecified atom stereocenters. The molecule has 0 aromatic heterocycles. The smallest absolute Gasteiger partial charge is 0.330 e. The molecule has 35 heavy (non-hydrogen) atoms. The number of hydrogen-bond acceptors (Lipinski definition) is 6. The van der Waals surface area contributed by atoms with Gasteiger partial charge in [0, 0.05) is 12.1 Å². The van der Waals surface area contributed by atoms with Gasteiger partial charge in [-0.3, -0.25) is 19.3 Å². The normalized spacial score (nSPS) is 13.2. The first kappa shape index (κ1) is 23.7. The lowest BCUT2D eigenvalue weighted by atomic mass is 10.0. The van der Waals surface area contributed by atoms with Crippen LogP contribution in [-0.4, -0.2) is 47.8 Å². The minimum Gasteiger partial charge on any atom is -0.494 e. The molecule has 8 heteroatoms. The van der Waals surface area contributed by atoms with Crippen molar-refractivity contribution >= 4 is 29.4 Å². The zero-order valence-corrected chi connectivity index (χ0v) is 19.1. The monoisotopic (exact) mass is 472 g/mol. The van der Waals surface area contributed by atoms with Crippen LogP contribution in [0.5, 0.6) is 5.75 Å². The number of nitrogens with one attached hydrogen (secondary N) is 1. The summed E-state index contributed by atoms with van der Waals surface area (Å²) in [6.07, 6.45) is 0.0612. The minimum atomic E-state index is -1.22. The Morgan fingerprint density at radius 2 is 1.46 bits per heavy atom. The molecule has 1 aliphatic heterocycles. The van der Waals surface area contributed by atoms with E-state index in [2.05, 4.69) is 5.32 Å². The molecule has 3 aromatic rings. The van der Waals surface area contributed by atoms with E-state index in [4.69, 9.17) is 9.47 Å². The fourth-order valence-electron chi connectivity index (χ4n) is 3.84. The Morgan fingerprint density at radius 3 is 2.06 bits per heavy atom. The van der Waals surface area contributed by atoms with E-state index in [1.807, 2.05) is 13.0 Å². The van der Waals surface area contributed by atoms with Crippen molar-refractivity contribution in [3.8, 4) is 5.75 Å². The summed E-state index contributed by atoms with van der Waals surface area (Å²) in [5.41, 5.74) is 1.72. The summed E-state index contributed by atoms with van der Waals surface area (Å²) >= 11 is 0. The standard InChI is InChI=1S/C27H24N2O6/c1-2-34-20-14-12-19(13-15-20)28-24(30)17-35-27(33)23(16-18-8-4-3-5-9-18)29-25(31)21-10-6-7-11-22(21)26(29)32/h3-15,23H,2,16-17H2,1H3,(H,28,30). The number of carbonyl (C=O) groups excluding carboxylic acids is 4. The van der Waals surface area contributed by atoms with Gasteiger partial charge in [0.15, 0.2) is 6.61 Å². The minimum absolute atomic E-state index is 0.0612. The molecule has 0 fully saturated rings. The van der Waals surface area contributed by atoms with Gasteiger partial charge in [-0.1, -0.05) is 42.5 Å². The molecule has 0 spiro atoms. The second-order valence-electron chi connectivity index (χ2n) is 7.84. The molecule has 3 amide bonds. The summed E-state index contributed by atoms with van der Waals surface area (Å²) in [6, 6.07) is 20.9. The summed E-state index contributed by atoms with van der Waals surface area (Å²) in [7, 11) is 0. The third kappa shape index (κ3) is 5.38. The van der Waals surface area contributed by atoms with Crippen LogP contribution in [0.1, 0.15) is 33.2 Å². The van der Waals surface area contributed by atoms with Gasteiger partial charge in [0.05, 0.1) is 17.7 Å². The van der Waals surface area contributed by atoms with Crippen LogP contribution in [0.2, 0.25) is 0 Å². The molecule has 3 aromatic carbocycles. The quantitative estimate of drug-likeness (QED) is 0.378. The largest absolute Gasteiger partial charge is 0.494 e. The van der Waals surface area contributed by atoms with Gasteiger partial charge in [-0.25, -0.2) is 4.79 Å². The molecule has 0 bridgehead atoms. The molecule has 1 heterocycles. The van der Waals surface area contributed by atoms with Crippen LogP contribution in [-0.2, 0) is 20.7 Å². The Morgan fingerprint density at radius 1 is 0.857 bits per heavy atom. The number of rotatable bonds is 9. The number of amides is 3. The highest BCUT2D eigenvalue weighted by Gasteiger charge is 2.43. The van der Waals surface area contributed by atoms with Crippen molar-refractivity contribution in [1.82, 2.24) is 4.90 Å². The van der Waals surface area contributed by atoms with Crippen LogP contribution in [0, 0.1) is 0 Å². The molecule has 0 radical (unpaired) electrons. The lowest BCUT2D eigenvalue weighted by molar-refractivity contribution is -0.151. The summed E-state index contributed by atoms with van der Waals surface area (Å²) < 4.78 is 10.6. The lowest BCUT2D eigenvalue weighted by Gasteiger charge is -2.24. The number of benzene rings is 3. The number of carbonyl (C=O) groups is 4. The molecule has 1 N–H and O–H groups in total. The van der Waals surface area contributed by atoms with Crippen LogP contribution in [0.25, 0.3) is 0 Å². The van der Waals surface area contributed by atoms with Gasteiger partial charge in [0.1, 0.15) is 11.8 Å². The van der Waals surface area contributed by atoms with Crippen molar-refractivity contribution in [2.45, 2.75) is 19.4 Å². The molecule has 0 saturated carbocycles. The van der Waals surface area contributed by atoms with Crippen LogP contribution in [0.3, 0.4) is 0 Å². The maximum absolute atomic E-state index is 13.1. The number of nitrogens with zero attached hydrogens (tertiary/aromatic N) is 1. The Labute approximate surface area is 202 Å². The molecule has 0 aliphatic carbocycles. The van der Waals surface area contributed by atoms with Crippen molar-refractivity contribution in [2.24, 2.45) is 0 Å². The zero-order valence-electron chi connectivity index (χ0n) is 19.1. The van der Waals surface area contributed by atoms with Gasteiger partial charge in [-0.15, -0.1) is 0 Å². The van der Waals surface area contributed by atoms with E-state index >= 15 is 0 Å². The molecular weight excluding hydrogens is 448 g/mol. The summed E-state index contributed by atoms with van der Waals surface area (Å²) in [4.78, 5) is 52.4. The highest BCUT2D eigenvalue weighted by Crippen LogP contribution is 2.26. The molecular formula is C27H24N2O6. The van der Waals surface area contributed by atoms with Crippen LogP contribution >= 0.6 is 0 Å². The molecule has 1 aliphatic rings. The van der Waals surface area contributed by atoms with Crippen LogP contribution in [0.4, 0.5) is 5.69 Å². The van der Waals surface area contributed by atoms with E-state index in [-0.39, 0.29) is 17.5 Å². The number of fused-ring (bicyclic) bond motifs is 1. The zero-order chi connectivity index (χ0) is 24.8. The number of imide groups is 1. The van der Waals surface area contributed by atoms with E-state index < -0.39 is 36.3 Å². The highest BCUT2D eigenvalue weighted by molar-refractivity contribution is 6.22. The van der Waals surface area contributed by atoms with Gasteiger partial charge in [-0.05, 0) is 48.9 Å². The Balaban J connectivity index is 1.46. The van der Waals surface area contributed by atoms with Gasteiger partial charge in [0.25, 0.3) is 17.7 Å². The Bertz CT molecular complexity index is 1210. The predicted octanol–water partition coefficient (Wildman–Crippen LogP) is 3.47. The molecule has 8 nitrogen and oxygen atoms in total. The summed E-state index contributed by atoms with van der Waals surface area (Å²) in [5, 5.41) is 2.64. The average molecular weight is 472 g/mol. The van der Waals surface area contributed by atoms with Gasteiger partial charge in [-0.2, -0.15) is 0 Å². The molecule has 178 valence electrons. The maximum atomic E-state index is 13.1. The predicted molar refractivity (Wildman–Crippen MR) is 128 cm³/mol. The molecule has 1 atom stereocenters. The Kier molecular flexibility index (Phi) is 7.21. The Hall–Kier alpha value is -4.46. The van der Waals surface area contributed by atoms with E-state index in [1.165, 1.54) is 0 Å². The van der Waals surface area contributed by atoms with E-state index in [1.54, 1.807) is 72.8 Å². The first-order valence-electron chi connectivity index (χ1n) is 11.2. The molecule has 0 saturated heterocycles. The fourth-order valence-corrected chi connectivity index (χ4v) is 3.84. The number of anilines is 1. The fraction of sp³-hybridized carbons (Fsp3) is 0.185. The van der Waals surface area contributed by atoms with E-state index in [0.29, 0.717) is 18.0 Å². The first-order valence-corrected chi connectivity index (χ1v) is 11.2. The maximum Gasteiger partial charge on any atom is 0.330 e. The van der Waals surface area contributed by atoms with Crippen molar-refractivity contribution in [3.05, 3.63) is 95.6 Å². The number of esters is 1. The number of ether oxygens (including phenoxy) is 2. The van der Waals surface area contributed by atoms with E-state index in [0.717, 1.165) is 10.5 Å². The topological polar surface area (TPSA) is 102 Å². The van der Waals surface area contributed by atoms with Crippen molar-refractivity contribution in [1.29, 1.82) is 0 Å². The highest BCUT2D eigenvalue weighted by atomic mass is 16.5. The van der Waals surface area contributed by atoms with Crippen LogP contribution in [0.15, 0.2) is 78.9 Å². The van der Waals surface area contributed by atoms with Crippen molar-refractivity contribution in [3.63, 3.8) is 0 Å². The van der Waals surface area contributed by atoms with Crippen molar-refractivity contribution < 1.29 is 28.7 Å².